The van der Waals surface area contributed by atoms with Crippen molar-refractivity contribution in [1.29, 1.82) is 0 Å². The van der Waals surface area contributed by atoms with Crippen molar-refractivity contribution in [3.63, 3.8) is 0 Å². The Kier molecular flexibility index (Phi) is 5.53. The van der Waals surface area contributed by atoms with Crippen molar-refractivity contribution >= 4 is 40.6 Å². The lowest BCUT2D eigenvalue weighted by Gasteiger charge is -2.41. The molecule has 152 valence electrons. The summed E-state index contributed by atoms with van der Waals surface area (Å²) < 4.78 is 0. The number of rotatable bonds is 3. The average Bonchev–Trinajstić information content (AvgIpc) is 2.66. The monoisotopic (exact) mass is 430 g/mol. The Labute approximate surface area is 181 Å². The first-order valence-corrected chi connectivity index (χ1v) is 10.4. The van der Waals surface area contributed by atoms with Gasteiger partial charge in [-0.05, 0) is 69.0 Å². The molecular weight excluding hydrogens is 407 g/mol. The van der Waals surface area contributed by atoms with Crippen molar-refractivity contribution < 1.29 is 14.4 Å². The second-order valence-electron chi connectivity index (χ2n) is 8.63. The Morgan fingerprint density at radius 2 is 1.45 bits per heavy atom. The Hall–Kier alpha value is -1.97. The van der Waals surface area contributed by atoms with Gasteiger partial charge in [0, 0.05) is 15.6 Å². The van der Waals surface area contributed by atoms with Crippen LogP contribution in [0, 0.1) is 10.8 Å². The van der Waals surface area contributed by atoms with Crippen LogP contribution >= 0.6 is 23.2 Å². The SMILES string of the molecule is CCc1ccc(-c2ccc(Cl)cc2Cl)cc1C1C(=O)C(C)(C)C(=O)C(C)(C)C1=O. The molecule has 0 heterocycles. The van der Waals surface area contributed by atoms with Crippen LogP contribution in [-0.2, 0) is 20.8 Å². The van der Waals surface area contributed by atoms with Gasteiger partial charge in [0.15, 0.2) is 17.3 Å². The highest BCUT2D eigenvalue weighted by Gasteiger charge is 2.58. The Morgan fingerprint density at radius 1 is 0.862 bits per heavy atom. The van der Waals surface area contributed by atoms with Crippen molar-refractivity contribution in [1.82, 2.24) is 0 Å². The number of ketones is 3. The van der Waals surface area contributed by atoms with Crippen LogP contribution in [0.2, 0.25) is 10.0 Å². The number of Topliss-reactive ketones (excluding diaryl/α,β-unsaturated/α-hetero) is 3. The topological polar surface area (TPSA) is 51.2 Å². The highest BCUT2D eigenvalue weighted by Crippen LogP contribution is 2.46. The molecule has 2 aromatic rings. The van der Waals surface area contributed by atoms with Crippen molar-refractivity contribution in [2.75, 3.05) is 0 Å². The molecule has 3 nitrogen and oxygen atoms in total. The number of halogens is 2. The van der Waals surface area contributed by atoms with Gasteiger partial charge in [0.25, 0.3) is 0 Å². The second kappa shape index (κ2) is 7.37. The molecule has 0 radical (unpaired) electrons. The molecule has 1 fully saturated rings. The Bertz CT molecular complexity index is 1000. The highest BCUT2D eigenvalue weighted by molar-refractivity contribution is 6.36. The molecule has 0 aliphatic heterocycles. The van der Waals surface area contributed by atoms with Crippen molar-refractivity contribution in [3.05, 3.63) is 57.6 Å². The van der Waals surface area contributed by atoms with Crippen LogP contribution in [0.3, 0.4) is 0 Å². The van der Waals surface area contributed by atoms with Gasteiger partial charge < -0.3 is 0 Å². The lowest BCUT2D eigenvalue weighted by molar-refractivity contribution is -0.157. The molecule has 0 atom stereocenters. The van der Waals surface area contributed by atoms with E-state index in [2.05, 4.69) is 0 Å². The molecule has 0 amide bonds. The molecule has 29 heavy (non-hydrogen) atoms. The molecule has 0 unspecified atom stereocenters. The predicted octanol–water partition coefficient (Wildman–Crippen LogP) is 6.08. The summed E-state index contributed by atoms with van der Waals surface area (Å²) in [4.78, 5) is 39.4. The molecule has 3 rings (SSSR count). The fourth-order valence-electron chi connectivity index (χ4n) is 4.21. The molecule has 0 aromatic heterocycles. The molecule has 0 saturated heterocycles. The molecular formula is C24H24Cl2O3. The molecule has 1 saturated carbocycles. The van der Waals surface area contributed by atoms with Crippen molar-refractivity contribution in [2.45, 2.75) is 47.0 Å². The van der Waals surface area contributed by atoms with Crippen LogP contribution in [0.1, 0.15) is 51.7 Å². The van der Waals surface area contributed by atoms with Crippen LogP contribution < -0.4 is 0 Å². The summed E-state index contributed by atoms with van der Waals surface area (Å²) in [6, 6.07) is 10.9. The van der Waals surface area contributed by atoms with E-state index in [1.807, 2.05) is 31.2 Å². The van der Waals surface area contributed by atoms with E-state index in [4.69, 9.17) is 23.2 Å². The number of hydrogen-bond acceptors (Lipinski definition) is 3. The maximum atomic E-state index is 13.3. The summed E-state index contributed by atoms with van der Waals surface area (Å²) >= 11 is 12.4. The molecule has 0 N–H and O–H groups in total. The fourth-order valence-corrected chi connectivity index (χ4v) is 4.72. The largest absolute Gasteiger partial charge is 0.298 e. The molecule has 0 spiro atoms. The lowest BCUT2D eigenvalue weighted by atomic mass is 9.57. The van der Waals surface area contributed by atoms with Crippen LogP contribution in [0.25, 0.3) is 11.1 Å². The summed E-state index contributed by atoms with van der Waals surface area (Å²) in [6.45, 7) is 8.44. The summed E-state index contributed by atoms with van der Waals surface area (Å²) in [5.74, 6) is -1.99. The van der Waals surface area contributed by atoms with E-state index >= 15 is 0 Å². The van der Waals surface area contributed by atoms with Crippen LogP contribution in [-0.4, -0.2) is 17.3 Å². The number of aryl methyl sites for hydroxylation is 1. The van der Waals surface area contributed by atoms with Gasteiger partial charge in [0.05, 0.1) is 10.8 Å². The first kappa shape index (κ1) is 21.7. The minimum Gasteiger partial charge on any atom is -0.298 e. The van der Waals surface area contributed by atoms with Gasteiger partial charge in [-0.1, -0.05) is 48.3 Å². The fraction of sp³-hybridized carbons (Fsp3) is 0.375. The van der Waals surface area contributed by atoms with Crippen LogP contribution in [0.5, 0.6) is 0 Å². The minimum atomic E-state index is -1.22. The number of carbonyl (C=O) groups excluding carboxylic acids is 3. The van der Waals surface area contributed by atoms with Gasteiger partial charge in [-0.3, -0.25) is 14.4 Å². The minimum absolute atomic E-state index is 0.328. The van der Waals surface area contributed by atoms with E-state index in [1.54, 1.807) is 39.8 Å². The van der Waals surface area contributed by atoms with Gasteiger partial charge in [0.1, 0.15) is 5.92 Å². The molecule has 1 aliphatic carbocycles. The van der Waals surface area contributed by atoms with E-state index in [1.165, 1.54) is 0 Å². The van der Waals surface area contributed by atoms with Crippen LogP contribution in [0.4, 0.5) is 0 Å². The summed E-state index contributed by atoms with van der Waals surface area (Å²) in [5.41, 5.74) is 0.686. The molecule has 2 aromatic carbocycles. The summed E-state index contributed by atoms with van der Waals surface area (Å²) in [6.07, 6.45) is 0.663. The number of benzene rings is 2. The van der Waals surface area contributed by atoms with Crippen LogP contribution in [0.15, 0.2) is 36.4 Å². The van der Waals surface area contributed by atoms with Gasteiger partial charge in [0.2, 0.25) is 0 Å². The molecule has 1 aliphatic rings. The van der Waals surface area contributed by atoms with Crippen molar-refractivity contribution in [2.24, 2.45) is 10.8 Å². The average molecular weight is 431 g/mol. The van der Waals surface area contributed by atoms with E-state index in [0.29, 0.717) is 22.0 Å². The zero-order valence-electron chi connectivity index (χ0n) is 17.2. The first-order valence-electron chi connectivity index (χ1n) is 9.64. The number of carbonyl (C=O) groups is 3. The molecule has 0 bridgehead atoms. The second-order valence-corrected chi connectivity index (χ2v) is 9.48. The lowest BCUT2D eigenvalue weighted by Crippen LogP contribution is -2.56. The molecule has 5 heteroatoms. The smallest absolute Gasteiger partial charge is 0.160 e. The summed E-state index contributed by atoms with van der Waals surface area (Å²) in [5, 5.41) is 1.02. The van der Waals surface area contributed by atoms with E-state index < -0.39 is 16.7 Å². The standard InChI is InChI=1S/C24H24Cl2O3/c1-6-13-7-8-14(16-10-9-15(25)12-18(16)26)11-17(13)19-20(27)23(2,3)22(29)24(4,5)21(19)28/h7-12,19H,6H2,1-5H3. The quantitative estimate of drug-likeness (QED) is 0.554. The van der Waals surface area contributed by atoms with E-state index in [-0.39, 0.29) is 17.3 Å². The maximum Gasteiger partial charge on any atom is 0.160 e. The Balaban J connectivity index is 2.22. The van der Waals surface area contributed by atoms with Gasteiger partial charge >= 0.3 is 0 Å². The summed E-state index contributed by atoms with van der Waals surface area (Å²) in [7, 11) is 0. The third-order valence-electron chi connectivity index (χ3n) is 5.97. The zero-order valence-corrected chi connectivity index (χ0v) is 18.7. The first-order chi connectivity index (χ1) is 13.4. The van der Waals surface area contributed by atoms with Gasteiger partial charge in [-0.15, -0.1) is 0 Å². The highest BCUT2D eigenvalue weighted by atomic mass is 35.5. The van der Waals surface area contributed by atoms with Gasteiger partial charge in [-0.25, -0.2) is 0 Å². The number of hydrogen-bond donors (Lipinski definition) is 0. The van der Waals surface area contributed by atoms with E-state index in [0.717, 1.165) is 16.7 Å². The van der Waals surface area contributed by atoms with E-state index in [9.17, 15) is 14.4 Å². The van der Waals surface area contributed by atoms with Crippen molar-refractivity contribution in [3.8, 4) is 11.1 Å². The normalized spacial score (nSPS) is 18.9. The van der Waals surface area contributed by atoms with Gasteiger partial charge in [-0.2, -0.15) is 0 Å². The maximum absolute atomic E-state index is 13.3. The Morgan fingerprint density at radius 3 is 1.97 bits per heavy atom. The zero-order chi connectivity index (χ0) is 21.7. The third-order valence-corrected chi connectivity index (χ3v) is 6.52. The predicted molar refractivity (Wildman–Crippen MR) is 117 cm³/mol. The third kappa shape index (κ3) is 3.45.